The fourth-order valence-electron chi connectivity index (χ4n) is 2.88. The van der Waals surface area contributed by atoms with Crippen LogP contribution in [0.1, 0.15) is 62.8 Å². The van der Waals surface area contributed by atoms with Gasteiger partial charge in [0.15, 0.2) is 5.78 Å². The topological polar surface area (TPSA) is 62.0 Å². The van der Waals surface area contributed by atoms with Gasteiger partial charge in [0.2, 0.25) is 0 Å². The molecule has 3 rings (SSSR count). The summed E-state index contributed by atoms with van der Waals surface area (Å²) in [6, 6.07) is 3.94. The normalized spacial score (nSPS) is 15.6. The molecule has 1 aliphatic carbocycles. The minimum Gasteiger partial charge on any atom is -0.354 e. The summed E-state index contributed by atoms with van der Waals surface area (Å²) in [5.41, 5.74) is 2.96. The zero-order valence-corrected chi connectivity index (χ0v) is 13.0. The van der Waals surface area contributed by atoms with Crippen molar-refractivity contribution in [1.29, 1.82) is 0 Å². The van der Waals surface area contributed by atoms with Crippen molar-refractivity contribution in [3.63, 3.8) is 0 Å². The maximum absolute atomic E-state index is 12.4. The second kappa shape index (κ2) is 5.48. The van der Waals surface area contributed by atoms with Crippen molar-refractivity contribution < 1.29 is 9.59 Å². The van der Waals surface area contributed by atoms with Crippen LogP contribution in [0.5, 0.6) is 0 Å². The first-order valence-electron chi connectivity index (χ1n) is 7.17. The molecule has 4 nitrogen and oxygen atoms in total. The molecule has 1 aliphatic rings. The molecular weight excluding hydrogens is 284 g/mol. The van der Waals surface area contributed by atoms with Gasteiger partial charge in [0.05, 0.1) is 6.04 Å². The summed E-state index contributed by atoms with van der Waals surface area (Å²) < 4.78 is 0. The lowest BCUT2D eigenvalue weighted by atomic mass is 9.94. The number of hydrogen-bond acceptors (Lipinski definition) is 3. The number of H-pyrrole nitrogens is 1. The molecule has 0 bridgehead atoms. The fraction of sp³-hybridized carbons (Fsp3) is 0.375. The van der Waals surface area contributed by atoms with Crippen LogP contribution in [0.2, 0.25) is 0 Å². The number of hydrogen-bond donors (Lipinski definition) is 2. The maximum Gasteiger partial charge on any atom is 0.268 e. The summed E-state index contributed by atoms with van der Waals surface area (Å²) in [5, 5.41) is 4.99. The van der Waals surface area contributed by atoms with Gasteiger partial charge in [0, 0.05) is 22.6 Å². The average Bonchev–Trinajstić information content (AvgIpc) is 3.07. The van der Waals surface area contributed by atoms with Crippen LogP contribution in [0.25, 0.3) is 0 Å². The second-order valence-electron chi connectivity index (χ2n) is 5.47. The molecule has 1 amide bonds. The van der Waals surface area contributed by atoms with Gasteiger partial charge in [0.25, 0.3) is 5.91 Å². The molecule has 0 saturated heterocycles. The zero-order valence-electron chi connectivity index (χ0n) is 12.2. The lowest BCUT2D eigenvalue weighted by molar-refractivity contribution is 0.0934. The van der Waals surface area contributed by atoms with Gasteiger partial charge in [-0.15, -0.1) is 11.3 Å². The number of nitrogens with one attached hydrogen (secondary N) is 2. The van der Waals surface area contributed by atoms with Crippen molar-refractivity contribution in [2.24, 2.45) is 0 Å². The van der Waals surface area contributed by atoms with Crippen LogP contribution >= 0.6 is 11.3 Å². The molecule has 2 N–H and O–H groups in total. The van der Waals surface area contributed by atoms with Gasteiger partial charge in [-0.05, 0) is 43.7 Å². The van der Waals surface area contributed by atoms with Crippen LogP contribution in [0.4, 0.5) is 0 Å². The number of amides is 1. The van der Waals surface area contributed by atoms with Crippen molar-refractivity contribution >= 4 is 23.0 Å². The Balaban J connectivity index is 1.84. The van der Waals surface area contributed by atoms with E-state index in [9.17, 15) is 9.59 Å². The molecule has 0 saturated carbocycles. The van der Waals surface area contributed by atoms with E-state index in [1.807, 2.05) is 31.4 Å². The third-order valence-corrected chi connectivity index (χ3v) is 5.04. The summed E-state index contributed by atoms with van der Waals surface area (Å²) in [5.74, 6) is 0.00551. The Bertz CT molecular complexity index is 685. The molecule has 2 aromatic heterocycles. The molecular formula is C16H18N2O2S. The Hall–Kier alpha value is -1.88. The molecule has 1 atom stereocenters. The Morgan fingerprint density at radius 2 is 2.24 bits per heavy atom. The number of carbonyl (C=O) groups excluding carboxylic acids is 2. The minimum atomic E-state index is -0.143. The molecule has 0 aromatic carbocycles. The van der Waals surface area contributed by atoms with Gasteiger partial charge in [-0.1, -0.05) is 6.07 Å². The van der Waals surface area contributed by atoms with E-state index < -0.39 is 0 Å². The van der Waals surface area contributed by atoms with Crippen molar-refractivity contribution in [3.05, 3.63) is 44.9 Å². The van der Waals surface area contributed by atoms with Gasteiger partial charge in [-0.3, -0.25) is 9.59 Å². The number of aryl methyl sites for hydroxylation is 1. The van der Waals surface area contributed by atoms with E-state index in [-0.39, 0.29) is 17.7 Å². The number of ketones is 1. The largest absolute Gasteiger partial charge is 0.354 e. The van der Waals surface area contributed by atoms with E-state index in [0.29, 0.717) is 12.1 Å². The van der Waals surface area contributed by atoms with Gasteiger partial charge in [0.1, 0.15) is 5.69 Å². The van der Waals surface area contributed by atoms with Crippen LogP contribution in [0, 0.1) is 6.92 Å². The second-order valence-corrected chi connectivity index (χ2v) is 6.45. The summed E-state index contributed by atoms with van der Waals surface area (Å²) in [6.45, 7) is 3.82. The number of Topliss-reactive ketones (excluding diaryl/α,β-unsaturated/α-hetero) is 1. The molecule has 0 fully saturated rings. The van der Waals surface area contributed by atoms with E-state index >= 15 is 0 Å². The van der Waals surface area contributed by atoms with E-state index in [2.05, 4.69) is 10.3 Å². The highest BCUT2D eigenvalue weighted by molar-refractivity contribution is 7.10. The third kappa shape index (κ3) is 2.53. The maximum atomic E-state index is 12.4. The predicted octanol–water partition coefficient (Wildman–Crippen LogP) is 3.39. The highest BCUT2D eigenvalue weighted by Crippen LogP contribution is 2.27. The van der Waals surface area contributed by atoms with Gasteiger partial charge in [-0.2, -0.15) is 0 Å². The lowest BCUT2D eigenvalue weighted by Gasteiger charge is -2.12. The number of thiophene rings is 1. The molecule has 0 spiro atoms. The molecule has 0 unspecified atom stereocenters. The SMILES string of the molecule is Cc1c(C(=O)N[C@H](C)c2cccs2)[nH]c2c1C(=O)CCC2. The van der Waals surface area contributed by atoms with Crippen molar-refractivity contribution in [2.75, 3.05) is 0 Å². The number of aromatic nitrogens is 1. The van der Waals surface area contributed by atoms with E-state index in [0.717, 1.165) is 34.5 Å². The van der Waals surface area contributed by atoms with Crippen molar-refractivity contribution in [1.82, 2.24) is 10.3 Å². The van der Waals surface area contributed by atoms with Gasteiger partial charge >= 0.3 is 0 Å². The highest BCUT2D eigenvalue weighted by atomic mass is 32.1. The molecule has 2 heterocycles. The molecule has 0 aliphatic heterocycles. The summed E-state index contributed by atoms with van der Waals surface area (Å²) in [4.78, 5) is 28.7. The zero-order chi connectivity index (χ0) is 15.0. The first-order valence-corrected chi connectivity index (χ1v) is 8.04. The molecule has 0 radical (unpaired) electrons. The Morgan fingerprint density at radius 1 is 1.43 bits per heavy atom. The van der Waals surface area contributed by atoms with Crippen molar-refractivity contribution in [3.8, 4) is 0 Å². The van der Waals surface area contributed by atoms with Crippen LogP contribution < -0.4 is 5.32 Å². The number of aromatic amines is 1. The van der Waals surface area contributed by atoms with Crippen molar-refractivity contribution in [2.45, 2.75) is 39.2 Å². The number of rotatable bonds is 3. The monoisotopic (exact) mass is 302 g/mol. The molecule has 110 valence electrons. The molecule has 5 heteroatoms. The first kappa shape index (κ1) is 14.1. The smallest absolute Gasteiger partial charge is 0.268 e. The molecule has 2 aromatic rings. The third-order valence-electron chi connectivity index (χ3n) is 3.98. The van der Waals surface area contributed by atoms with Crippen LogP contribution in [0.15, 0.2) is 17.5 Å². The van der Waals surface area contributed by atoms with E-state index in [1.54, 1.807) is 11.3 Å². The van der Waals surface area contributed by atoms with Crippen LogP contribution in [-0.2, 0) is 6.42 Å². The quantitative estimate of drug-likeness (QED) is 0.913. The standard InChI is InChI=1S/C16H18N2O2S/c1-9-14-11(5-3-6-12(14)19)18-15(9)16(20)17-10(2)13-7-4-8-21-13/h4,7-8,10,18H,3,5-6H2,1-2H3,(H,17,20)/t10-/m1/s1. The Morgan fingerprint density at radius 3 is 2.90 bits per heavy atom. The van der Waals surface area contributed by atoms with Crippen LogP contribution in [-0.4, -0.2) is 16.7 Å². The average molecular weight is 302 g/mol. The summed E-state index contributed by atoms with van der Waals surface area (Å²) in [6.07, 6.45) is 2.28. The lowest BCUT2D eigenvalue weighted by Crippen LogP contribution is -2.27. The van der Waals surface area contributed by atoms with Gasteiger partial charge in [-0.25, -0.2) is 0 Å². The summed E-state index contributed by atoms with van der Waals surface area (Å²) >= 11 is 1.62. The predicted molar refractivity (Wildman–Crippen MR) is 83.0 cm³/mol. The molecule has 21 heavy (non-hydrogen) atoms. The highest BCUT2D eigenvalue weighted by Gasteiger charge is 2.26. The fourth-order valence-corrected chi connectivity index (χ4v) is 3.61. The number of carbonyl (C=O) groups is 2. The summed E-state index contributed by atoms with van der Waals surface area (Å²) in [7, 11) is 0. The van der Waals surface area contributed by atoms with Gasteiger partial charge < -0.3 is 10.3 Å². The number of fused-ring (bicyclic) bond motifs is 1. The van der Waals surface area contributed by atoms with E-state index in [4.69, 9.17) is 0 Å². The Labute approximate surface area is 127 Å². The van der Waals surface area contributed by atoms with E-state index in [1.165, 1.54) is 0 Å². The van der Waals surface area contributed by atoms with Crippen LogP contribution in [0.3, 0.4) is 0 Å². The minimum absolute atomic E-state index is 0.0343. The Kier molecular flexibility index (Phi) is 3.68. The first-order chi connectivity index (χ1) is 10.1.